The van der Waals surface area contributed by atoms with E-state index in [0.29, 0.717) is 24.8 Å². The molecule has 1 saturated heterocycles. The Hall–Kier alpha value is -1.45. The van der Waals surface area contributed by atoms with Crippen molar-refractivity contribution in [3.63, 3.8) is 0 Å². The van der Waals surface area contributed by atoms with Crippen LogP contribution in [0.5, 0.6) is 0 Å². The quantitative estimate of drug-likeness (QED) is 0.378. The van der Waals surface area contributed by atoms with E-state index in [4.69, 9.17) is 4.74 Å². The molecule has 102 valence electrons. The predicted molar refractivity (Wildman–Crippen MR) is 67.2 cm³/mol. The molecule has 0 aromatic rings. The number of Topliss-reactive ketones (excluding diaryl/α,β-unsaturated/α-hetero) is 2. The average Bonchev–Trinajstić information content (AvgIpc) is 2.79. The maximum Gasteiger partial charge on any atom is 0.324 e. The second-order valence-electron chi connectivity index (χ2n) is 6.32. The van der Waals surface area contributed by atoms with Gasteiger partial charge in [0, 0.05) is 17.8 Å². The standard InChI is InChI=1S/C15H18O4/c1-8-7-19-13(18)15(8)6-10-4-5-11(16)9(2)14(10,3)12(15)17/h9-10H,1,4-7H2,2-3H3/t9-,10-,14-,15-/m1/s1. The molecular formula is C15H18O4. The molecule has 3 rings (SSSR count). The van der Waals surface area contributed by atoms with Crippen molar-refractivity contribution in [3.8, 4) is 0 Å². The minimum atomic E-state index is -1.17. The number of carbonyl (C=O) groups excluding carboxylic acids is 3. The Morgan fingerprint density at radius 3 is 2.58 bits per heavy atom. The highest BCUT2D eigenvalue weighted by atomic mass is 16.5. The van der Waals surface area contributed by atoms with Gasteiger partial charge in [-0.1, -0.05) is 20.4 Å². The van der Waals surface area contributed by atoms with Crippen molar-refractivity contribution in [2.75, 3.05) is 6.61 Å². The molecule has 4 atom stereocenters. The zero-order valence-corrected chi connectivity index (χ0v) is 11.3. The Morgan fingerprint density at radius 1 is 1.32 bits per heavy atom. The van der Waals surface area contributed by atoms with Crippen LogP contribution in [-0.4, -0.2) is 24.1 Å². The maximum absolute atomic E-state index is 12.9. The number of esters is 1. The molecule has 4 heteroatoms. The van der Waals surface area contributed by atoms with Crippen molar-refractivity contribution in [2.45, 2.75) is 33.1 Å². The van der Waals surface area contributed by atoms with Crippen molar-refractivity contribution < 1.29 is 19.1 Å². The van der Waals surface area contributed by atoms with Gasteiger partial charge in [-0.25, -0.2) is 0 Å². The lowest BCUT2D eigenvalue weighted by molar-refractivity contribution is -0.153. The molecule has 3 fully saturated rings. The molecule has 1 heterocycles. The molecule has 2 saturated carbocycles. The van der Waals surface area contributed by atoms with Gasteiger partial charge in [-0.3, -0.25) is 14.4 Å². The molecule has 0 unspecified atom stereocenters. The van der Waals surface area contributed by atoms with E-state index >= 15 is 0 Å². The van der Waals surface area contributed by atoms with Crippen molar-refractivity contribution in [2.24, 2.45) is 22.7 Å². The zero-order valence-electron chi connectivity index (χ0n) is 11.3. The van der Waals surface area contributed by atoms with Gasteiger partial charge in [-0.05, 0) is 24.3 Å². The van der Waals surface area contributed by atoms with Gasteiger partial charge in [0.15, 0.2) is 11.2 Å². The number of cyclic esters (lactones) is 1. The fraction of sp³-hybridized carbons (Fsp3) is 0.667. The highest BCUT2D eigenvalue weighted by Crippen LogP contribution is 2.61. The van der Waals surface area contributed by atoms with Crippen LogP contribution in [0.25, 0.3) is 0 Å². The molecular weight excluding hydrogens is 244 g/mol. The van der Waals surface area contributed by atoms with Crippen LogP contribution in [0.1, 0.15) is 33.1 Å². The summed E-state index contributed by atoms with van der Waals surface area (Å²) in [6, 6.07) is 0. The van der Waals surface area contributed by atoms with E-state index in [2.05, 4.69) is 6.58 Å². The van der Waals surface area contributed by atoms with Crippen LogP contribution in [0, 0.1) is 22.7 Å². The lowest BCUT2D eigenvalue weighted by atomic mass is 9.62. The molecule has 2 aliphatic carbocycles. The van der Waals surface area contributed by atoms with Crippen LogP contribution in [0.3, 0.4) is 0 Å². The predicted octanol–water partition coefficient (Wildman–Crippen LogP) is 1.68. The van der Waals surface area contributed by atoms with E-state index in [1.54, 1.807) is 0 Å². The Bertz CT molecular complexity index is 502. The lowest BCUT2D eigenvalue weighted by Gasteiger charge is -2.39. The molecule has 3 aliphatic rings. The number of ether oxygens (including phenoxy) is 1. The van der Waals surface area contributed by atoms with E-state index in [9.17, 15) is 14.4 Å². The largest absolute Gasteiger partial charge is 0.460 e. The first kappa shape index (κ1) is 12.6. The first-order valence-corrected chi connectivity index (χ1v) is 6.78. The lowest BCUT2D eigenvalue weighted by Crippen LogP contribution is -2.46. The molecule has 0 aromatic heterocycles. The molecule has 0 N–H and O–H groups in total. The maximum atomic E-state index is 12.9. The Balaban J connectivity index is 2.12. The number of hydrogen-bond donors (Lipinski definition) is 0. The van der Waals surface area contributed by atoms with Gasteiger partial charge in [0.25, 0.3) is 0 Å². The summed E-state index contributed by atoms with van der Waals surface area (Å²) in [5, 5.41) is 0. The van der Waals surface area contributed by atoms with E-state index < -0.39 is 16.8 Å². The van der Waals surface area contributed by atoms with Crippen molar-refractivity contribution >= 4 is 17.5 Å². The Kier molecular flexibility index (Phi) is 2.35. The second kappa shape index (κ2) is 3.56. The van der Waals surface area contributed by atoms with Crippen LogP contribution in [0.15, 0.2) is 12.2 Å². The summed E-state index contributed by atoms with van der Waals surface area (Å²) in [6.45, 7) is 7.66. The van der Waals surface area contributed by atoms with Crippen LogP contribution in [0.4, 0.5) is 0 Å². The Morgan fingerprint density at radius 2 is 2.00 bits per heavy atom. The minimum Gasteiger partial charge on any atom is -0.460 e. The van der Waals surface area contributed by atoms with Gasteiger partial charge >= 0.3 is 5.97 Å². The third kappa shape index (κ3) is 1.22. The highest BCUT2D eigenvalue weighted by Gasteiger charge is 2.69. The molecule has 19 heavy (non-hydrogen) atoms. The number of carbonyl (C=O) groups is 3. The van der Waals surface area contributed by atoms with Crippen molar-refractivity contribution in [3.05, 3.63) is 12.2 Å². The smallest absolute Gasteiger partial charge is 0.324 e. The van der Waals surface area contributed by atoms with Gasteiger partial charge in [0.2, 0.25) is 0 Å². The van der Waals surface area contributed by atoms with E-state index in [1.165, 1.54) is 0 Å². The highest BCUT2D eigenvalue weighted by molar-refractivity contribution is 6.14. The van der Waals surface area contributed by atoms with Crippen LogP contribution in [0.2, 0.25) is 0 Å². The number of fused-ring (bicyclic) bond motifs is 1. The van der Waals surface area contributed by atoms with E-state index in [1.807, 2.05) is 13.8 Å². The number of rotatable bonds is 0. The first-order valence-electron chi connectivity index (χ1n) is 6.78. The molecule has 1 aliphatic heterocycles. The van der Waals surface area contributed by atoms with Gasteiger partial charge in [0.1, 0.15) is 12.4 Å². The van der Waals surface area contributed by atoms with Crippen LogP contribution >= 0.6 is 0 Å². The number of hydrogen-bond acceptors (Lipinski definition) is 4. The van der Waals surface area contributed by atoms with E-state index in [0.717, 1.165) is 0 Å². The SMILES string of the molecule is C=C1COC(=O)[C@]12C[C@H]1CCC(=O)[C@@H](C)[C@@]1(C)C2=O. The van der Waals surface area contributed by atoms with Gasteiger partial charge in [-0.15, -0.1) is 0 Å². The molecule has 4 nitrogen and oxygen atoms in total. The summed E-state index contributed by atoms with van der Waals surface area (Å²) in [5.41, 5.74) is -1.34. The zero-order chi connectivity index (χ0) is 14.0. The molecule has 0 aromatic carbocycles. The van der Waals surface area contributed by atoms with Crippen LogP contribution in [-0.2, 0) is 19.1 Å². The monoisotopic (exact) mass is 262 g/mol. The summed E-state index contributed by atoms with van der Waals surface area (Å²) in [5.74, 6) is -0.716. The normalized spacial score (nSPS) is 45.8. The van der Waals surface area contributed by atoms with Crippen molar-refractivity contribution in [1.29, 1.82) is 0 Å². The average molecular weight is 262 g/mol. The fourth-order valence-corrected chi connectivity index (χ4v) is 4.16. The third-order valence-corrected chi connectivity index (χ3v) is 5.73. The molecule has 1 spiro atoms. The van der Waals surface area contributed by atoms with E-state index in [-0.39, 0.29) is 30.0 Å². The topological polar surface area (TPSA) is 60.4 Å². The second-order valence-corrected chi connectivity index (χ2v) is 6.32. The summed E-state index contributed by atoms with van der Waals surface area (Å²) in [4.78, 5) is 37.0. The molecule has 0 radical (unpaired) electrons. The summed E-state index contributed by atoms with van der Waals surface area (Å²) < 4.78 is 5.04. The van der Waals surface area contributed by atoms with Gasteiger partial charge in [-0.2, -0.15) is 0 Å². The molecule has 0 bridgehead atoms. The first-order chi connectivity index (χ1) is 8.85. The fourth-order valence-electron chi connectivity index (χ4n) is 4.16. The van der Waals surface area contributed by atoms with Gasteiger partial charge < -0.3 is 4.74 Å². The summed E-state index contributed by atoms with van der Waals surface area (Å²) >= 11 is 0. The van der Waals surface area contributed by atoms with Crippen LogP contribution < -0.4 is 0 Å². The summed E-state index contributed by atoms with van der Waals surface area (Å²) in [7, 11) is 0. The summed E-state index contributed by atoms with van der Waals surface area (Å²) in [6.07, 6.45) is 1.66. The van der Waals surface area contributed by atoms with Crippen molar-refractivity contribution in [1.82, 2.24) is 0 Å². The third-order valence-electron chi connectivity index (χ3n) is 5.73. The minimum absolute atomic E-state index is 0.0788. The Labute approximate surface area is 112 Å². The molecule has 0 amide bonds. The number of ketones is 2. The van der Waals surface area contributed by atoms with Gasteiger partial charge in [0.05, 0.1) is 0 Å².